The van der Waals surface area contributed by atoms with E-state index in [0.29, 0.717) is 23.2 Å². The Hall–Kier alpha value is -0.590. The van der Waals surface area contributed by atoms with Crippen molar-refractivity contribution < 1.29 is 17.9 Å². The zero-order valence-electron chi connectivity index (χ0n) is 12.0. The molecule has 1 rings (SSSR count). The van der Waals surface area contributed by atoms with Gasteiger partial charge in [0.05, 0.1) is 11.6 Å². The molecule has 0 spiro atoms. The molecule has 0 saturated carbocycles. The van der Waals surface area contributed by atoms with E-state index in [4.69, 9.17) is 16.3 Å². The van der Waals surface area contributed by atoms with Crippen molar-refractivity contribution in [3.63, 3.8) is 0 Å². The molecule has 1 aromatic rings. The predicted octanol–water partition coefficient (Wildman–Crippen LogP) is 4.72. The summed E-state index contributed by atoms with van der Waals surface area (Å²) in [6, 6.07) is 5.32. The van der Waals surface area contributed by atoms with Crippen LogP contribution >= 0.6 is 23.4 Å². The second kappa shape index (κ2) is 8.76. The van der Waals surface area contributed by atoms with E-state index in [1.54, 1.807) is 12.1 Å². The van der Waals surface area contributed by atoms with Gasteiger partial charge in [0.25, 0.3) is 0 Å². The number of benzene rings is 1. The number of hydrogen-bond acceptors (Lipinski definition) is 3. The molecule has 0 atom stereocenters. The van der Waals surface area contributed by atoms with Gasteiger partial charge in [0.15, 0.2) is 0 Å². The van der Waals surface area contributed by atoms with Crippen LogP contribution in [-0.2, 0) is 6.54 Å². The molecule has 2 nitrogen and oxygen atoms in total. The van der Waals surface area contributed by atoms with E-state index in [-0.39, 0.29) is 24.1 Å². The third kappa shape index (κ3) is 7.83. The van der Waals surface area contributed by atoms with Gasteiger partial charge in [0, 0.05) is 17.9 Å². The fourth-order valence-corrected chi connectivity index (χ4v) is 2.30. The van der Waals surface area contributed by atoms with Crippen LogP contribution in [0.15, 0.2) is 18.2 Å². The van der Waals surface area contributed by atoms with Crippen molar-refractivity contribution in [1.82, 2.24) is 5.32 Å². The molecule has 0 aliphatic heterocycles. The van der Waals surface area contributed by atoms with Crippen molar-refractivity contribution in [2.24, 2.45) is 5.92 Å². The van der Waals surface area contributed by atoms with E-state index in [0.717, 1.165) is 12.1 Å². The summed E-state index contributed by atoms with van der Waals surface area (Å²) in [5.41, 5.74) is -3.38. The lowest BCUT2D eigenvalue weighted by molar-refractivity contribution is -0.0329. The molecule has 120 valence electrons. The second-order valence-electron chi connectivity index (χ2n) is 4.90. The average Bonchev–Trinajstić information content (AvgIpc) is 2.35. The number of halogens is 4. The van der Waals surface area contributed by atoms with E-state index >= 15 is 0 Å². The lowest BCUT2D eigenvalue weighted by atomic mass is 10.2. The zero-order chi connectivity index (χ0) is 15.9. The van der Waals surface area contributed by atoms with E-state index in [1.807, 2.05) is 6.07 Å². The number of ether oxygens (including phenoxy) is 1. The quantitative estimate of drug-likeness (QED) is 0.691. The summed E-state index contributed by atoms with van der Waals surface area (Å²) < 4.78 is 41.6. The number of thioether (sulfide) groups is 1. The average molecular weight is 342 g/mol. The molecule has 1 N–H and O–H groups in total. The van der Waals surface area contributed by atoms with Crippen LogP contribution in [0.25, 0.3) is 0 Å². The molecule has 7 heteroatoms. The van der Waals surface area contributed by atoms with Gasteiger partial charge in [-0.05, 0) is 30.3 Å². The molecule has 0 heterocycles. The van der Waals surface area contributed by atoms with Crippen molar-refractivity contribution in [2.45, 2.75) is 25.9 Å². The number of para-hydroxylation sites is 1. The van der Waals surface area contributed by atoms with Crippen molar-refractivity contribution in [3.05, 3.63) is 28.8 Å². The van der Waals surface area contributed by atoms with Crippen LogP contribution in [-0.4, -0.2) is 24.4 Å². The molecular formula is C14H19ClF3NOS. The van der Waals surface area contributed by atoms with Gasteiger partial charge in [-0.3, -0.25) is 0 Å². The van der Waals surface area contributed by atoms with E-state index in [9.17, 15) is 13.2 Å². The molecule has 0 saturated heterocycles. The lowest BCUT2D eigenvalue weighted by Crippen LogP contribution is -2.19. The largest absolute Gasteiger partial charge is 0.491 e. The van der Waals surface area contributed by atoms with Gasteiger partial charge in [-0.25, -0.2) is 0 Å². The van der Waals surface area contributed by atoms with Crippen LogP contribution in [0.5, 0.6) is 5.75 Å². The molecule has 0 aliphatic carbocycles. The maximum atomic E-state index is 12.1. The summed E-state index contributed by atoms with van der Waals surface area (Å²) in [6.07, 6.45) is 0. The van der Waals surface area contributed by atoms with Crippen LogP contribution < -0.4 is 10.1 Å². The minimum atomic E-state index is -4.23. The Bertz CT molecular complexity index is 441. The van der Waals surface area contributed by atoms with Gasteiger partial charge in [-0.1, -0.05) is 37.6 Å². The van der Waals surface area contributed by atoms with Crippen molar-refractivity contribution in [2.75, 3.05) is 18.9 Å². The van der Waals surface area contributed by atoms with Gasteiger partial charge in [0.1, 0.15) is 5.75 Å². The van der Waals surface area contributed by atoms with Gasteiger partial charge in [0.2, 0.25) is 0 Å². The number of nitrogens with one attached hydrogen (secondary N) is 1. The smallest absolute Gasteiger partial charge is 0.441 e. The molecular weight excluding hydrogens is 323 g/mol. The van der Waals surface area contributed by atoms with Gasteiger partial charge in [-0.15, -0.1) is 0 Å². The Morgan fingerprint density at radius 1 is 1.33 bits per heavy atom. The highest BCUT2D eigenvalue weighted by atomic mass is 35.5. The topological polar surface area (TPSA) is 21.3 Å². The molecule has 0 fully saturated rings. The number of rotatable bonds is 8. The minimum absolute atomic E-state index is 0.0366. The van der Waals surface area contributed by atoms with Crippen LogP contribution in [0.4, 0.5) is 13.2 Å². The molecule has 0 radical (unpaired) electrons. The Labute approximate surface area is 132 Å². The van der Waals surface area contributed by atoms with Crippen molar-refractivity contribution in [1.29, 1.82) is 0 Å². The Kier molecular flexibility index (Phi) is 7.70. The second-order valence-corrected chi connectivity index (χ2v) is 6.46. The third-order valence-electron chi connectivity index (χ3n) is 2.51. The molecule has 1 aromatic carbocycles. The summed E-state index contributed by atoms with van der Waals surface area (Å²) >= 11 is 5.96. The molecule has 21 heavy (non-hydrogen) atoms. The zero-order valence-corrected chi connectivity index (χ0v) is 13.5. The molecule has 0 aromatic heterocycles. The fraction of sp³-hybridized carbons (Fsp3) is 0.571. The standard InChI is InChI=1S/C14H19ClF3NOS/c1-10(2)8-19-9-11-4-3-5-12(15)13(11)20-6-7-21-14(16,17)18/h3-5,10,19H,6-9H2,1-2H3. The summed E-state index contributed by atoms with van der Waals surface area (Å²) in [7, 11) is 0. The molecule has 0 aliphatic rings. The highest BCUT2D eigenvalue weighted by Gasteiger charge is 2.27. The van der Waals surface area contributed by atoms with E-state index in [1.165, 1.54) is 0 Å². The first kappa shape index (κ1) is 18.5. The first-order valence-electron chi connectivity index (χ1n) is 6.61. The number of hydrogen-bond donors (Lipinski definition) is 1. The Morgan fingerprint density at radius 2 is 2.05 bits per heavy atom. The fourth-order valence-electron chi connectivity index (χ4n) is 1.65. The molecule has 0 unspecified atom stereocenters. The van der Waals surface area contributed by atoms with Gasteiger partial charge in [-0.2, -0.15) is 13.2 Å². The normalized spacial score (nSPS) is 12.0. The van der Waals surface area contributed by atoms with Crippen molar-refractivity contribution in [3.8, 4) is 5.75 Å². The molecule has 0 bridgehead atoms. The van der Waals surface area contributed by atoms with Crippen LogP contribution in [0.2, 0.25) is 5.02 Å². The van der Waals surface area contributed by atoms with Gasteiger partial charge >= 0.3 is 5.51 Å². The van der Waals surface area contributed by atoms with Crippen molar-refractivity contribution >= 4 is 23.4 Å². The summed E-state index contributed by atoms with van der Waals surface area (Å²) in [5, 5.41) is 3.67. The maximum absolute atomic E-state index is 12.1. The number of alkyl halides is 3. The monoisotopic (exact) mass is 341 g/mol. The first-order chi connectivity index (χ1) is 9.79. The highest BCUT2D eigenvalue weighted by molar-refractivity contribution is 8.00. The lowest BCUT2D eigenvalue weighted by Gasteiger charge is -2.14. The Balaban J connectivity index is 2.55. The summed E-state index contributed by atoms with van der Waals surface area (Å²) in [4.78, 5) is 0. The first-order valence-corrected chi connectivity index (χ1v) is 7.97. The van der Waals surface area contributed by atoms with Crippen LogP contribution in [0.1, 0.15) is 19.4 Å². The summed E-state index contributed by atoms with van der Waals surface area (Å²) in [5.74, 6) is 0.808. The molecule has 0 amide bonds. The van der Waals surface area contributed by atoms with E-state index in [2.05, 4.69) is 19.2 Å². The predicted molar refractivity (Wildman–Crippen MR) is 82.0 cm³/mol. The SMILES string of the molecule is CC(C)CNCc1cccc(Cl)c1OCCSC(F)(F)F. The van der Waals surface area contributed by atoms with E-state index < -0.39 is 5.51 Å². The minimum Gasteiger partial charge on any atom is -0.491 e. The Morgan fingerprint density at radius 3 is 2.67 bits per heavy atom. The highest BCUT2D eigenvalue weighted by Crippen LogP contribution is 2.31. The maximum Gasteiger partial charge on any atom is 0.441 e. The third-order valence-corrected chi connectivity index (χ3v) is 3.51. The summed E-state index contributed by atoms with van der Waals surface area (Å²) in [6.45, 7) is 5.56. The van der Waals surface area contributed by atoms with Crippen LogP contribution in [0.3, 0.4) is 0 Å². The van der Waals surface area contributed by atoms with Gasteiger partial charge < -0.3 is 10.1 Å². The van der Waals surface area contributed by atoms with Crippen LogP contribution in [0, 0.1) is 5.92 Å².